The van der Waals surface area contributed by atoms with Crippen LogP contribution in [-0.4, -0.2) is 36.8 Å². The van der Waals surface area contributed by atoms with Crippen LogP contribution in [-0.2, 0) is 14.9 Å². The first-order valence-corrected chi connectivity index (χ1v) is 12.0. The molecule has 0 radical (unpaired) electrons. The molecule has 7 nitrogen and oxygen atoms in total. The van der Waals surface area contributed by atoms with Gasteiger partial charge in [0.1, 0.15) is 5.75 Å². The second kappa shape index (κ2) is 9.65. The average Bonchev–Trinajstić information content (AvgIpc) is 2.62. The first-order chi connectivity index (χ1) is 13.3. The highest BCUT2D eigenvalue weighted by Gasteiger charge is 2.45. The molecule has 0 spiro atoms. The summed E-state index contributed by atoms with van der Waals surface area (Å²) in [4.78, 5) is 24.1. The van der Waals surface area contributed by atoms with Crippen LogP contribution in [0.1, 0.15) is 20.7 Å². The summed E-state index contributed by atoms with van der Waals surface area (Å²) in [6.45, 7) is -1.84. The summed E-state index contributed by atoms with van der Waals surface area (Å²) in [7, 11) is -5.71. The molecule has 0 heterocycles. The maximum atomic E-state index is 13.1. The van der Waals surface area contributed by atoms with Crippen LogP contribution in [0.4, 0.5) is 8.78 Å². The Balaban J connectivity index is 2.07. The van der Waals surface area contributed by atoms with Crippen LogP contribution in [0.25, 0.3) is 0 Å². The molecule has 0 bridgehead atoms. The lowest BCUT2D eigenvalue weighted by Gasteiger charge is -2.13. The van der Waals surface area contributed by atoms with E-state index in [1.807, 2.05) is 28.7 Å². The molecular formula is C16H9F2I3O7S. The van der Waals surface area contributed by atoms with Crippen LogP contribution >= 0.6 is 67.8 Å². The number of halogens is 5. The molecule has 0 amide bonds. The van der Waals surface area contributed by atoms with Crippen molar-refractivity contribution < 1.29 is 40.8 Å². The lowest BCUT2D eigenvalue weighted by atomic mass is 10.2. The van der Waals surface area contributed by atoms with Crippen LogP contribution in [0.3, 0.4) is 0 Å². The molecule has 1 N–H and O–H groups in total. The number of hydrogen-bond donors (Lipinski definition) is 1. The van der Waals surface area contributed by atoms with Crippen molar-refractivity contribution in [1.82, 2.24) is 0 Å². The van der Waals surface area contributed by atoms with Gasteiger partial charge in [-0.05, 0) is 104 Å². The Morgan fingerprint density at radius 2 is 1.62 bits per heavy atom. The third kappa shape index (κ3) is 6.41. The van der Waals surface area contributed by atoms with E-state index in [4.69, 9.17) is 9.29 Å². The van der Waals surface area contributed by atoms with Crippen molar-refractivity contribution in [1.29, 1.82) is 0 Å². The van der Waals surface area contributed by atoms with Gasteiger partial charge in [0.05, 0.1) is 11.1 Å². The molecular weight excluding hydrogens is 755 g/mol. The predicted octanol–water partition coefficient (Wildman–Crippen LogP) is 4.36. The molecule has 0 aromatic heterocycles. The minimum absolute atomic E-state index is 0.0967. The van der Waals surface area contributed by atoms with Gasteiger partial charge in [-0.2, -0.15) is 17.2 Å². The van der Waals surface area contributed by atoms with E-state index >= 15 is 0 Å². The molecule has 2 aromatic carbocycles. The molecule has 0 aliphatic carbocycles. The van der Waals surface area contributed by atoms with Crippen LogP contribution < -0.4 is 4.74 Å². The van der Waals surface area contributed by atoms with Gasteiger partial charge < -0.3 is 9.47 Å². The van der Waals surface area contributed by atoms with Crippen molar-refractivity contribution in [3.05, 3.63) is 58.2 Å². The Morgan fingerprint density at radius 3 is 2.17 bits per heavy atom. The normalized spacial score (nSPS) is 11.8. The second-order valence-electron chi connectivity index (χ2n) is 5.35. The van der Waals surface area contributed by atoms with Crippen LogP contribution in [0.2, 0.25) is 0 Å². The molecule has 0 atom stereocenters. The summed E-state index contributed by atoms with van der Waals surface area (Å²) in [5.41, 5.74) is 0.173. The first kappa shape index (κ1) is 24.6. The van der Waals surface area contributed by atoms with Crippen molar-refractivity contribution in [3.63, 3.8) is 0 Å². The van der Waals surface area contributed by atoms with E-state index < -0.39 is 33.9 Å². The molecule has 0 saturated heterocycles. The number of benzene rings is 2. The number of ether oxygens (including phenoxy) is 2. The van der Waals surface area contributed by atoms with Gasteiger partial charge in [0.15, 0.2) is 6.61 Å². The molecule has 0 aliphatic heterocycles. The SMILES string of the molecule is O=C(OCC(F)(F)S(=O)(=O)O)c1ccc(OC(=O)c2cc(I)cc(I)c2I)cc1. The molecule has 29 heavy (non-hydrogen) atoms. The zero-order valence-corrected chi connectivity index (χ0v) is 21.2. The van der Waals surface area contributed by atoms with E-state index in [1.54, 1.807) is 6.07 Å². The van der Waals surface area contributed by atoms with Crippen LogP contribution in [0.15, 0.2) is 36.4 Å². The van der Waals surface area contributed by atoms with Crippen molar-refractivity contribution in [2.45, 2.75) is 5.25 Å². The highest BCUT2D eigenvalue weighted by atomic mass is 127. The van der Waals surface area contributed by atoms with E-state index in [9.17, 15) is 26.8 Å². The van der Waals surface area contributed by atoms with E-state index in [1.165, 1.54) is 12.1 Å². The number of hydrogen-bond acceptors (Lipinski definition) is 6. The second-order valence-corrected chi connectivity index (χ2v) is 10.4. The van der Waals surface area contributed by atoms with Gasteiger partial charge >= 0.3 is 27.3 Å². The lowest BCUT2D eigenvalue weighted by Crippen LogP contribution is -2.34. The van der Waals surface area contributed by atoms with Gasteiger partial charge in [0.25, 0.3) is 0 Å². The molecule has 156 valence electrons. The Morgan fingerprint density at radius 1 is 1.03 bits per heavy atom. The number of carbonyl (C=O) groups excluding carboxylic acids is 2. The van der Waals surface area contributed by atoms with Gasteiger partial charge in [-0.1, -0.05) is 0 Å². The maximum absolute atomic E-state index is 13.1. The van der Waals surface area contributed by atoms with Crippen molar-refractivity contribution in [2.75, 3.05) is 6.61 Å². The molecule has 0 aliphatic rings. The van der Waals surface area contributed by atoms with E-state index in [-0.39, 0.29) is 11.3 Å². The standard InChI is InChI=1S/C16H9F2I3O7S/c17-16(18,29(24,25)26)7-27-14(22)8-1-3-10(4-2-8)28-15(23)11-5-9(19)6-12(20)13(11)21/h1-6H,7H2,(H,24,25,26). The minimum Gasteiger partial charge on any atom is -0.454 e. The van der Waals surface area contributed by atoms with E-state index in [0.29, 0.717) is 9.13 Å². The molecule has 2 rings (SSSR count). The van der Waals surface area contributed by atoms with Crippen molar-refractivity contribution >= 4 is 89.8 Å². The number of carbonyl (C=O) groups is 2. The minimum atomic E-state index is -5.71. The first-order valence-electron chi connectivity index (χ1n) is 7.30. The van der Waals surface area contributed by atoms with Crippen LogP contribution in [0, 0.1) is 10.7 Å². The van der Waals surface area contributed by atoms with E-state index in [2.05, 4.69) is 49.9 Å². The number of esters is 2. The smallest absolute Gasteiger partial charge is 0.402 e. The zero-order chi connectivity index (χ0) is 22.0. The third-order valence-electron chi connectivity index (χ3n) is 3.26. The number of rotatable bonds is 6. The van der Waals surface area contributed by atoms with Crippen LogP contribution in [0.5, 0.6) is 5.75 Å². The maximum Gasteiger partial charge on any atom is 0.402 e. The van der Waals surface area contributed by atoms with Crippen molar-refractivity contribution in [2.24, 2.45) is 0 Å². The van der Waals surface area contributed by atoms with Gasteiger partial charge in [0, 0.05) is 10.7 Å². The third-order valence-corrected chi connectivity index (χ3v) is 7.80. The fourth-order valence-electron chi connectivity index (χ4n) is 1.83. The average molecular weight is 764 g/mol. The summed E-state index contributed by atoms with van der Waals surface area (Å²) in [6.07, 6.45) is 0. The summed E-state index contributed by atoms with van der Waals surface area (Å²) in [6, 6.07) is 8.36. The summed E-state index contributed by atoms with van der Waals surface area (Å²) < 4.78 is 67.5. The van der Waals surface area contributed by atoms with Gasteiger partial charge in [-0.3, -0.25) is 4.55 Å². The van der Waals surface area contributed by atoms with Gasteiger partial charge in [-0.25, -0.2) is 9.59 Å². The summed E-state index contributed by atoms with van der Waals surface area (Å²) >= 11 is 6.18. The Labute approximate surface area is 204 Å². The molecule has 2 aromatic rings. The quantitative estimate of drug-likeness (QED) is 0.153. The van der Waals surface area contributed by atoms with Gasteiger partial charge in [-0.15, -0.1) is 0 Å². The zero-order valence-electron chi connectivity index (χ0n) is 13.9. The monoisotopic (exact) mass is 764 g/mol. The summed E-state index contributed by atoms with van der Waals surface area (Å²) in [5, 5.41) is -4.63. The molecule has 0 unspecified atom stereocenters. The fourth-order valence-corrected chi connectivity index (χ4v) is 4.42. The topological polar surface area (TPSA) is 107 Å². The summed E-state index contributed by atoms with van der Waals surface area (Å²) in [5.74, 6) is -1.76. The highest BCUT2D eigenvalue weighted by Crippen LogP contribution is 2.25. The van der Waals surface area contributed by atoms with Crippen molar-refractivity contribution in [3.8, 4) is 5.75 Å². The van der Waals surface area contributed by atoms with E-state index in [0.717, 1.165) is 19.3 Å². The largest absolute Gasteiger partial charge is 0.454 e. The van der Waals surface area contributed by atoms with Gasteiger partial charge in [0.2, 0.25) is 0 Å². The number of alkyl halides is 2. The molecule has 0 saturated carbocycles. The predicted molar refractivity (Wildman–Crippen MR) is 123 cm³/mol. The fraction of sp³-hybridized carbons (Fsp3) is 0.125. The molecule has 0 fully saturated rings. The Kier molecular flexibility index (Phi) is 8.19. The lowest BCUT2D eigenvalue weighted by molar-refractivity contribution is -0.00950. The Bertz CT molecular complexity index is 1060. The highest BCUT2D eigenvalue weighted by molar-refractivity contribution is 14.1. The molecule has 13 heteroatoms. The Hall–Kier alpha value is -0.660.